The van der Waals surface area contributed by atoms with E-state index in [0.717, 1.165) is 17.0 Å². The Bertz CT molecular complexity index is 900. The topological polar surface area (TPSA) is 102 Å². The van der Waals surface area contributed by atoms with Crippen molar-refractivity contribution in [2.24, 2.45) is 0 Å². The van der Waals surface area contributed by atoms with Gasteiger partial charge < -0.3 is 14.5 Å². The second kappa shape index (κ2) is 9.08. The van der Waals surface area contributed by atoms with Gasteiger partial charge in [-0.25, -0.2) is 13.4 Å². The average Bonchev–Trinajstić information content (AvgIpc) is 3.03. The Morgan fingerprint density at radius 1 is 1.21 bits per heavy atom. The molecule has 152 valence electrons. The van der Waals surface area contributed by atoms with Crippen LogP contribution in [-0.4, -0.2) is 55.7 Å². The van der Waals surface area contributed by atoms with Crippen molar-refractivity contribution in [1.29, 1.82) is 0 Å². The molecule has 0 saturated carbocycles. The van der Waals surface area contributed by atoms with E-state index in [1.54, 1.807) is 24.3 Å². The Labute approximate surface area is 168 Å². The summed E-state index contributed by atoms with van der Waals surface area (Å²) in [7, 11) is -3.51. The predicted octanol–water partition coefficient (Wildman–Crippen LogP) is 1.72. The number of aromatic nitrogens is 1. The minimum Gasteiger partial charge on any atom is -0.437 e. The number of aryl methyl sites for hydroxylation is 2. The molecule has 0 spiro atoms. The van der Waals surface area contributed by atoms with Gasteiger partial charge in [0, 0.05) is 19.6 Å². The van der Waals surface area contributed by atoms with E-state index in [0.29, 0.717) is 38.1 Å². The number of carbonyl (C=O) groups excluding carboxylic acids is 1. The lowest BCUT2D eigenvalue weighted by Crippen LogP contribution is -2.40. The normalized spacial score (nSPS) is 15.5. The van der Waals surface area contributed by atoms with E-state index < -0.39 is 10.0 Å². The van der Waals surface area contributed by atoms with E-state index in [4.69, 9.17) is 9.15 Å². The fourth-order valence-electron chi connectivity index (χ4n) is 2.60. The van der Waals surface area contributed by atoms with Gasteiger partial charge in [0.2, 0.25) is 15.9 Å². The molecule has 1 aliphatic rings. The van der Waals surface area contributed by atoms with Crippen LogP contribution >= 0.6 is 11.8 Å². The quantitative estimate of drug-likeness (QED) is 0.674. The number of benzene rings is 1. The van der Waals surface area contributed by atoms with Crippen molar-refractivity contribution >= 4 is 27.7 Å². The minimum absolute atomic E-state index is 0.150. The first-order valence-electron chi connectivity index (χ1n) is 8.86. The van der Waals surface area contributed by atoms with Crippen LogP contribution in [0.2, 0.25) is 0 Å². The van der Waals surface area contributed by atoms with Gasteiger partial charge in [0.25, 0.3) is 5.22 Å². The lowest BCUT2D eigenvalue weighted by atomic mass is 10.2. The molecular weight excluding hydrogens is 402 g/mol. The summed E-state index contributed by atoms with van der Waals surface area (Å²) in [4.78, 5) is 16.5. The first kappa shape index (κ1) is 20.8. The summed E-state index contributed by atoms with van der Waals surface area (Å²) in [5.74, 6) is 0.793. The van der Waals surface area contributed by atoms with Crippen molar-refractivity contribution in [3.8, 4) is 0 Å². The van der Waals surface area contributed by atoms with E-state index >= 15 is 0 Å². The highest BCUT2D eigenvalue weighted by Crippen LogP contribution is 2.20. The van der Waals surface area contributed by atoms with Crippen LogP contribution in [0.15, 0.2) is 38.8 Å². The highest BCUT2D eigenvalue weighted by Gasteiger charge is 2.26. The molecule has 0 atom stereocenters. The van der Waals surface area contributed by atoms with Crippen molar-refractivity contribution in [2.45, 2.75) is 30.5 Å². The van der Waals surface area contributed by atoms with Gasteiger partial charge in [-0.3, -0.25) is 4.79 Å². The number of sulfonamides is 1. The molecule has 3 rings (SSSR count). The molecule has 1 N–H and O–H groups in total. The second-order valence-electron chi connectivity index (χ2n) is 6.35. The van der Waals surface area contributed by atoms with Gasteiger partial charge >= 0.3 is 0 Å². The SMILES string of the molecule is Cc1nc(SCC(=O)NCc2ccc(S(=O)(=O)N3CCOCC3)cc2)oc1C. The van der Waals surface area contributed by atoms with E-state index in [-0.39, 0.29) is 16.6 Å². The number of nitrogens with zero attached hydrogens (tertiary/aromatic N) is 2. The molecule has 1 aromatic carbocycles. The number of carbonyl (C=O) groups is 1. The van der Waals surface area contributed by atoms with Crippen molar-refractivity contribution in [2.75, 3.05) is 32.1 Å². The Morgan fingerprint density at radius 2 is 1.89 bits per heavy atom. The van der Waals surface area contributed by atoms with Crippen LogP contribution in [-0.2, 0) is 26.1 Å². The molecule has 0 aliphatic carbocycles. The number of ether oxygens (including phenoxy) is 1. The molecule has 1 amide bonds. The highest BCUT2D eigenvalue weighted by molar-refractivity contribution is 7.99. The first-order chi connectivity index (χ1) is 13.4. The standard InChI is InChI=1S/C18H23N3O5S2/c1-13-14(2)26-18(20-13)27-12-17(22)19-11-15-3-5-16(6-4-15)28(23,24)21-7-9-25-10-8-21/h3-6H,7-12H2,1-2H3,(H,19,22). The Balaban J connectivity index is 1.50. The molecule has 10 heteroatoms. The van der Waals surface area contributed by atoms with Crippen LogP contribution in [0, 0.1) is 13.8 Å². The van der Waals surface area contributed by atoms with Crippen LogP contribution in [0.1, 0.15) is 17.0 Å². The summed E-state index contributed by atoms with van der Waals surface area (Å²) in [5, 5.41) is 3.28. The van der Waals surface area contributed by atoms with Crippen LogP contribution in [0.25, 0.3) is 0 Å². The molecule has 1 saturated heterocycles. The molecule has 1 fully saturated rings. The van der Waals surface area contributed by atoms with Gasteiger partial charge in [-0.15, -0.1) is 0 Å². The molecule has 0 bridgehead atoms. The lowest BCUT2D eigenvalue weighted by Gasteiger charge is -2.26. The monoisotopic (exact) mass is 425 g/mol. The zero-order valence-corrected chi connectivity index (χ0v) is 17.4. The van der Waals surface area contributed by atoms with Crippen molar-refractivity contribution < 1.29 is 22.4 Å². The molecule has 0 unspecified atom stereocenters. The van der Waals surface area contributed by atoms with Gasteiger partial charge in [-0.2, -0.15) is 4.31 Å². The van der Waals surface area contributed by atoms with Gasteiger partial charge in [-0.05, 0) is 31.5 Å². The van der Waals surface area contributed by atoms with Gasteiger partial charge in [0.05, 0.1) is 29.6 Å². The van der Waals surface area contributed by atoms with Gasteiger partial charge in [-0.1, -0.05) is 23.9 Å². The van der Waals surface area contributed by atoms with Crippen molar-refractivity contribution in [3.05, 3.63) is 41.3 Å². The number of hydrogen-bond donors (Lipinski definition) is 1. The molecule has 1 aromatic heterocycles. The number of rotatable bonds is 7. The molecule has 2 heterocycles. The fourth-order valence-corrected chi connectivity index (χ4v) is 4.75. The van der Waals surface area contributed by atoms with Crippen LogP contribution < -0.4 is 5.32 Å². The van der Waals surface area contributed by atoms with Crippen molar-refractivity contribution in [1.82, 2.24) is 14.6 Å². The number of thioether (sulfide) groups is 1. The predicted molar refractivity (Wildman–Crippen MR) is 105 cm³/mol. The molecule has 28 heavy (non-hydrogen) atoms. The van der Waals surface area contributed by atoms with Crippen molar-refractivity contribution in [3.63, 3.8) is 0 Å². The molecule has 8 nitrogen and oxygen atoms in total. The third kappa shape index (κ3) is 5.13. The molecule has 2 aromatic rings. The lowest BCUT2D eigenvalue weighted by molar-refractivity contribution is -0.118. The summed E-state index contributed by atoms with van der Waals surface area (Å²) in [6.45, 7) is 5.55. The van der Waals surface area contributed by atoms with Crippen LogP contribution in [0.4, 0.5) is 0 Å². The number of amides is 1. The zero-order valence-electron chi connectivity index (χ0n) is 15.8. The Kier molecular flexibility index (Phi) is 6.76. The maximum Gasteiger partial charge on any atom is 0.256 e. The summed E-state index contributed by atoms with van der Waals surface area (Å²) < 4.78 is 37.2. The minimum atomic E-state index is -3.51. The zero-order chi connectivity index (χ0) is 20.1. The third-order valence-electron chi connectivity index (χ3n) is 4.36. The van der Waals surface area contributed by atoms with E-state index in [1.165, 1.54) is 16.1 Å². The number of morpholine rings is 1. The summed E-state index contributed by atoms with van der Waals surface area (Å²) >= 11 is 1.24. The smallest absolute Gasteiger partial charge is 0.256 e. The first-order valence-corrected chi connectivity index (χ1v) is 11.3. The summed E-state index contributed by atoms with van der Waals surface area (Å²) in [6, 6.07) is 6.56. The second-order valence-corrected chi connectivity index (χ2v) is 9.21. The summed E-state index contributed by atoms with van der Waals surface area (Å²) in [6.07, 6.45) is 0. The fraction of sp³-hybridized carbons (Fsp3) is 0.444. The maximum absolute atomic E-state index is 12.6. The van der Waals surface area contributed by atoms with E-state index in [1.807, 2.05) is 13.8 Å². The van der Waals surface area contributed by atoms with Crippen LogP contribution in [0.3, 0.4) is 0 Å². The number of oxazole rings is 1. The summed E-state index contributed by atoms with van der Waals surface area (Å²) in [5.41, 5.74) is 1.64. The Hall–Kier alpha value is -1.88. The van der Waals surface area contributed by atoms with Gasteiger partial charge in [0.1, 0.15) is 5.76 Å². The number of hydrogen-bond acceptors (Lipinski definition) is 7. The Morgan fingerprint density at radius 3 is 2.50 bits per heavy atom. The molecule has 1 aliphatic heterocycles. The van der Waals surface area contributed by atoms with Crippen LogP contribution in [0.5, 0.6) is 0 Å². The average molecular weight is 426 g/mol. The maximum atomic E-state index is 12.6. The number of nitrogens with one attached hydrogen (secondary N) is 1. The largest absolute Gasteiger partial charge is 0.437 e. The van der Waals surface area contributed by atoms with E-state index in [9.17, 15) is 13.2 Å². The van der Waals surface area contributed by atoms with E-state index in [2.05, 4.69) is 10.3 Å². The molecule has 0 radical (unpaired) electrons. The van der Waals surface area contributed by atoms with Gasteiger partial charge in [0.15, 0.2) is 0 Å². The molecular formula is C18H23N3O5S2. The highest BCUT2D eigenvalue weighted by atomic mass is 32.2. The third-order valence-corrected chi connectivity index (χ3v) is 7.10.